The molecule has 0 unspecified atom stereocenters. The van der Waals surface area contributed by atoms with Crippen molar-refractivity contribution in [1.29, 1.82) is 0 Å². The van der Waals surface area contributed by atoms with Gasteiger partial charge in [0.05, 0.1) is 0 Å². The maximum absolute atomic E-state index is 8.63. The molecule has 2 aromatic rings. The van der Waals surface area contributed by atoms with Gasteiger partial charge < -0.3 is 52.5 Å². The summed E-state index contributed by atoms with van der Waals surface area (Å²) in [5.41, 5.74) is 0. The average molecular weight is 346 g/mol. The first kappa shape index (κ1) is 49.7. The number of aliphatic hydroxyl groups excluding tert-OH is 2. The fourth-order valence-corrected chi connectivity index (χ4v) is 0.749. The van der Waals surface area contributed by atoms with Crippen molar-refractivity contribution in [2.45, 2.75) is 0 Å². The zero-order valence-electron chi connectivity index (χ0n) is 15.1. The molecule has 3 N–H and O–H groups in total. The number of phenolic OH excluding ortho intramolecular Hbond substituents is 1. The zero-order valence-corrected chi connectivity index (χ0v) is 16.7. The molecule has 0 spiro atoms. The van der Waals surface area contributed by atoms with E-state index in [2.05, 4.69) is 0 Å². The molecule has 0 amide bonds. The molecule has 2 rings (SSSR count). The van der Waals surface area contributed by atoms with E-state index in [-0.39, 0.29) is 58.9 Å². The molecule has 0 saturated carbocycles. The molecule has 0 aliphatic heterocycles. The summed E-state index contributed by atoms with van der Waals surface area (Å²) in [7, 11) is 2.00. The molecule has 22 heavy (non-hydrogen) atoms. The largest absolute Gasteiger partial charge is 0.508 e. The van der Waals surface area contributed by atoms with E-state index < -0.39 is 0 Å². The van der Waals surface area contributed by atoms with Crippen molar-refractivity contribution in [3.05, 3.63) is 97.8 Å². The number of aromatic hydroxyl groups is 1. The minimum Gasteiger partial charge on any atom is -0.508 e. The van der Waals surface area contributed by atoms with Gasteiger partial charge in [0.25, 0.3) is 0 Å². The molecule has 0 saturated heterocycles. The van der Waals surface area contributed by atoms with Crippen LogP contribution in [0.2, 0.25) is 0 Å². The molecule has 4 heteroatoms. The average Bonchev–Trinajstić information content (AvgIpc) is 2.94. The Morgan fingerprint density at radius 1 is 0.636 bits per heavy atom. The third-order valence-corrected chi connectivity index (χ3v) is 1.31. The molecule has 2 aromatic carbocycles. The van der Waals surface area contributed by atoms with E-state index in [1.54, 1.807) is 24.3 Å². The fourth-order valence-electron chi connectivity index (χ4n) is 0.749. The van der Waals surface area contributed by atoms with Crippen LogP contribution in [0.5, 0.6) is 5.75 Å². The van der Waals surface area contributed by atoms with Crippen LogP contribution in [0.4, 0.5) is 0 Å². The minimum absolute atomic E-state index is 0. The van der Waals surface area contributed by atoms with E-state index >= 15 is 0 Å². The molecule has 0 fully saturated rings. The molecule has 0 heterocycles. The van der Waals surface area contributed by atoms with Crippen molar-refractivity contribution in [3.8, 4) is 5.75 Å². The second-order valence-corrected chi connectivity index (χ2v) is 2.30. The number of rotatable bonds is 0. The van der Waals surface area contributed by atoms with Gasteiger partial charge in [-0.05, 0) is 12.1 Å². The fraction of sp³-hybridized carbons (Fsp3) is 0.111. The van der Waals surface area contributed by atoms with Crippen LogP contribution < -0.4 is 0 Å². The van der Waals surface area contributed by atoms with E-state index in [1.165, 1.54) is 0 Å². The van der Waals surface area contributed by atoms with Crippen molar-refractivity contribution in [2.75, 3.05) is 14.2 Å². The van der Waals surface area contributed by atoms with Gasteiger partial charge in [0.1, 0.15) is 5.75 Å². The second kappa shape index (κ2) is 50.1. The number of benzene rings is 1. The number of hydrogen-bond acceptors (Lipinski definition) is 3. The van der Waals surface area contributed by atoms with E-state index in [1.807, 2.05) is 36.4 Å². The number of phenols is 1. The van der Waals surface area contributed by atoms with Crippen molar-refractivity contribution in [2.24, 2.45) is 0 Å². The monoisotopic (exact) mass is 346 g/mol. The number of para-hydroxylation sites is 1. The summed E-state index contributed by atoms with van der Waals surface area (Å²) in [5.74, 6) is 0.322. The summed E-state index contributed by atoms with van der Waals surface area (Å²) in [4.78, 5) is 0. The van der Waals surface area contributed by atoms with Gasteiger partial charge in [-0.2, -0.15) is 18.2 Å². The van der Waals surface area contributed by atoms with Crippen LogP contribution in [0.15, 0.2) is 60.7 Å². The van der Waals surface area contributed by atoms with Crippen molar-refractivity contribution < 1.29 is 37.0 Å². The van der Waals surface area contributed by atoms with Crippen LogP contribution in [0, 0.1) is 37.1 Å². The molecule has 3 nitrogen and oxygen atoms in total. The van der Waals surface area contributed by atoms with E-state index in [0.717, 1.165) is 14.2 Å². The van der Waals surface area contributed by atoms with Crippen molar-refractivity contribution in [1.82, 2.24) is 0 Å². The van der Waals surface area contributed by atoms with Crippen LogP contribution in [-0.2, 0) is 21.7 Å². The third kappa shape index (κ3) is 42.7. The SMILES string of the molecule is CO.CO.Oc1ccccc1.[CH3-].[CH3-].[CH3-].[CH3-].[CH3-].[Ti].c1cc[cH-]c1. The Bertz CT molecular complexity index is 267. The molecule has 0 aliphatic carbocycles. The van der Waals surface area contributed by atoms with Gasteiger partial charge in [-0.25, -0.2) is 12.1 Å². The van der Waals surface area contributed by atoms with Gasteiger partial charge in [-0.15, -0.1) is 0 Å². The minimum atomic E-state index is 0. The first-order chi connectivity index (χ1) is 7.89. The van der Waals surface area contributed by atoms with Crippen molar-refractivity contribution >= 4 is 0 Å². The summed E-state index contributed by atoms with van der Waals surface area (Å²) in [6.07, 6.45) is 0. The van der Waals surface area contributed by atoms with Crippen LogP contribution >= 0.6 is 0 Å². The summed E-state index contributed by atoms with van der Waals surface area (Å²) < 4.78 is 0. The van der Waals surface area contributed by atoms with Gasteiger partial charge in [0.2, 0.25) is 0 Å². The predicted octanol–water partition coefficient (Wildman–Crippen LogP) is 4.26. The standard InChI is InChI=1S/C6H6O.C5H5.2CH4O.5CH3.Ti/c7-6-4-2-1-3-5-6;1-2-4-5-3-1;2*1-2;;;;;;/h1-5,7H;1-5H;2*2H,1H3;5*1H3;/q;-1;;;5*-1;. The Morgan fingerprint density at radius 2 is 0.955 bits per heavy atom. The summed E-state index contributed by atoms with van der Waals surface area (Å²) in [6.45, 7) is 0. The Hall–Kier alpha value is -0.996. The van der Waals surface area contributed by atoms with Crippen molar-refractivity contribution in [3.63, 3.8) is 0 Å². The molecule has 0 aliphatic rings. The normalized spacial score (nSPS) is 5.09. The van der Waals surface area contributed by atoms with E-state index in [9.17, 15) is 0 Å². The maximum atomic E-state index is 8.63. The van der Waals surface area contributed by atoms with Gasteiger partial charge in [0.15, 0.2) is 0 Å². The van der Waals surface area contributed by atoms with Gasteiger partial charge in [-0.3, -0.25) is 0 Å². The summed E-state index contributed by atoms with van der Waals surface area (Å²) in [5, 5.41) is 22.6. The zero-order chi connectivity index (χ0) is 12.6. The Kier molecular flexibility index (Phi) is 113. The van der Waals surface area contributed by atoms with Crippen LogP contribution in [0.1, 0.15) is 0 Å². The van der Waals surface area contributed by atoms with Crippen LogP contribution in [0.3, 0.4) is 0 Å². The first-order valence-corrected chi connectivity index (χ1v) is 4.70. The van der Waals surface area contributed by atoms with Gasteiger partial charge >= 0.3 is 0 Å². The Labute approximate surface area is 154 Å². The molecular weight excluding hydrogens is 312 g/mol. The summed E-state index contributed by atoms with van der Waals surface area (Å²) in [6, 6.07) is 18.7. The quantitative estimate of drug-likeness (QED) is 0.493. The topological polar surface area (TPSA) is 60.7 Å². The molecule has 0 bridgehead atoms. The maximum Gasteiger partial charge on any atom is 0.115 e. The molecular formula is C18H34O3Ti-6. The number of aliphatic hydroxyl groups is 2. The van der Waals surface area contributed by atoms with E-state index in [0.29, 0.717) is 5.75 Å². The molecule has 134 valence electrons. The smallest absolute Gasteiger partial charge is 0.115 e. The van der Waals surface area contributed by atoms with E-state index in [4.69, 9.17) is 15.3 Å². The summed E-state index contributed by atoms with van der Waals surface area (Å²) >= 11 is 0. The molecule has 0 aromatic heterocycles. The second-order valence-electron chi connectivity index (χ2n) is 2.30. The molecule has 0 atom stereocenters. The first-order valence-electron chi connectivity index (χ1n) is 4.70. The third-order valence-electron chi connectivity index (χ3n) is 1.31. The Morgan fingerprint density at radius 3 is 1.09 bits per heavy atom. The van der Waals surface area contributed by atoms with Crippen LogP contribution in [0.25, 0.3) is 0 Å². The van der Waals surface area contributed by atoms with Gasteiger partial charge in [-0.1, -0.05) is 18.2 Å². The molecule has 0 radical (unpaired) electrons. The number of hydrogen-bond donors (Lipinski definition) is 3. The van der Waals surface area contributed by atoms with Crippen LogP contribution in [-0.4, -0.2) is 29.5 Å². The van der Waals surface area contributed by atoms with Gasteiger partial charge in [0, 0.05) is 35.9 Å². The Balaban J connectivity index is -0.0000000201. The predicted molar refractivity (Wildman–Crippen MR) is 98.5 cm³/mol.